The number of hydrogen-bond acceptors (Lipinski definition) is 3. The summed E-state index contributed by atoms with van der Waals surface area (Å²) in [7, 11) is -3.62. The van der Waals surface area contributed by atoms with Crippen LogP contribution in [0, 0.1) is 0 Å². The average Bonchev–Trinajstić information content (AvgIpc) is 2.64. The van der Waals surface area contributed by atoms with Crippen molar-refractivity contribution in [3.8, 4) is 5.75 Å². The molecule has 1 heterocycles. The zero-order valence-corrected chi connectivity index (χ0v) is 13.1. The fourth-order valence-electron chi connectivity index (χ4n) is 2.12. The highest BCUT2D eigenvalue weighted by atomic mass is 35.5. The Kier molecular flexibility index (Phi) is 5.01. The normalized spacial score (nSPS) is 17.7. The number of anilines is 1. The second-order valence-electron chi connectivity index (χ2n) is 4.71. The van der Waals surface area contributed by atoms with E-state index in [1.807, 2.05) is 0 Å². The van der Waals surface area contributed by atoms with Gasteiger partial charge in [-0.25, -0.2) is 0 Å². The van der Waals surface area contributed by atoms with Crippen LogP contribution in [0.15, 0.2) is 12.1 Å². The van der Waals surface area contributed by atoms with E-state index in [9.17, 15) is 13.5 Å². The maximum Gasteiger partial charge on any atom is 0.301 e. The van der Waals surface area contributed by atoms with E-state index < -0.39 is 10.2 Å². The highest BCUT2D eigenvalue weighted by Crippen LogP contribution is 2.35. The monoisotopic (exact) mass is 338 g/mol. The number of aromatic hydroxyl groups is 1. The van der Waals surface area contributed by atoms with Crippen molar-refractivity contribution in [2.45, 2.75) is 25.7 Å². The molecule has 0 radical (unpaired) electrons. The van der Waals surface area contributed by atoms with E-state index in [0.717, 1.165) is 25.7 Å². The second kappa shape index (κ2) is 6.39. The minimum atomic E-state index is -3.62. The molecule has 8 heteroatoms. The van der Waals surface area contributed by atoms with Crippen LogP contribution >= 0.6 is 23.2 Å². The number of halogens is 2. The summed E-state index contributed by atoms with van der Waals surface area (Å²) in [4.78, 5) is 0. The number of benzene rings is 1. The first-order valence-electron chi connectivity index (χ1n) is 6.36. The van der Waals surface area contributed by atoms with E-state index in [1.54, 1.807) is 0 Å². The fourth-order valence-corrected chi connectivity index (χ4v) is 3.89. The van der Waals surface area contributed by atoms with E-state index in [0.29, 0.717) is 13.1 Å². The molecule has 0 aliphatic carbocycles. The van der Waals surface area contributed by atoms with Crippen molar-refractivity contribution in [3.63, 3.8) is 0 Å². The third kappa shape index (κ3) is 3.69. The molecule has 0 bridgehead atoms. The largest absolute Gasteiger partial charge is 0.505 e. The average molecular weight is 339 g/mol. The van der Waals surface area contributed by atoms with Gasteiger partial charge in [0.1, 0.15) is 0 Å². The predicted octanol–water partition coefficient (Wildman–Crippen LogP) is 3.23. The Morgan fingerprint density at radius 2 is 1.55 bits per heavy atom. The van der Waals surface area contributed by atoms with Gasteiger partial charge in [-0.1, -0.05) is 36.0 Å². The van der Waals surface area contributed by atoms with Gasteiger partial charge in [0.2, 0.25) is 0 Å². The van der Waals surface area contributed by atoms with Crippen molar-refractivity contribution < 1.29 is 13.5 Å². The zero-order valence-electron chi connectivity index (χ0n) is 10.8. The maximum absolute atomic E-state index is 12.3. The van der Waals surface area contributed by atoms with Gasteiger partial charge in [0.15, 0.2) is 5.75 Å². The highest BCUT2D eigenvalue weighted by molar-refractivity contribution is 7.90. The molecule has 1 saturated heterocycles. The standard InChI is InChI=1S/C12H16Cl2N2O3S/c13-10-7-9(8-11(14)12(10)17)15-20(18,19)16-5-3-1-2-4-6-16/h7-8,15,17H,1-6H2. The maximum atomic E-state index is 12.3. The van der Waals surface area contributed by atoms with Crippen molar-refractivity contribution in [1.29, 1.82) is 0 Å². The lowest BCUT2D eigenvalue weighted by molar-refractivity contribution is 0.427. The third-order valence-corrected chi connectivity index (χ3v) is 5.28. The lowest BCUT2D eigenvalue weighted by Gasteiger charge is -2.21. The third-order valence-electron chi connectivity index (χ3n) is 3.17. The van der Waals surface area contributed by atoms with Crippen LogP contribution in [0.2, 0.25) is 10.0 Å². The molecule has 1 aliphatic heterocycles. The van der Waals surface area contributed by atoms with Crippen molar-refractivity contribution in [1.82, 2.24) is 4.31 Å². The minimum Gasteiger partial charge on any atom is -0.505 e. The van der Waals surface area contributed by atoms with Gasteiger partial charge in [-0.3, -0.25) is 4.72 Å². The van der Waals surface area contributed by atoms with Crippen LogP contribution in [-0.4, -0.2) is 30.9 Å². The smallest absolute Gasteiger partial charge is 0.301 e. The number of nitrogens with zero attached hydrogens (tertiary/aromatic N) is 1. The van der Waals surface area contributed by atoms with Crippen LogP contribution < -0.4 is 4.72 Å². The predicted molar refractivity (Wildman–Crippen MR) is 80.7 cm³/mol. The van der Waals surface area contributed by atoms with Gasteiger partial charge < -0.3 is 5.11 Å². The molecular formula is C12H16Cl2N2O3S. The number of nitrogens with one attached hydrogen (secondary N) is 1. The van der Waals surface area contributed by atoms with Gasteiger partial charge >= 0.3 is 10.2 Å². The molecule has 20 heavy (non-hydrogen) atoms. The molecule has 112 valence electrons. The lowest BCUT2D eigenvalue weighted by atomic mass is 10.2. The molecule has 0 amide bonds. The molecule has 0 spiro atoms. The molecule has 1 aliphatic rings. The van der Waals surface area contributed by atoms with Crippen molar-refractivity contribution in [2.24, 2.45) is 0 Å². The van der Waals surface area contributed by atoms with Gasteiger partial charge in [0.25, 0.3) is 0 Å². The van der Waals surface area contributed by atoms with Crippen LogP contribution in [0.1, 0.15) is 25.7 Å². The zero-order chi connectivity index (χ0) is 14.8. The topological polar surface area (TPSA) is 69.6 Å². The Morgan fingerprint density at radius 3 is 2.05 bits per heavy atom. The molecule has 0 unspecified atom stereocenters. The number of rotatable bonds is 3. The van der Waals surface area contributed by atoms with Crippen LogP contribution in [0.4, 0.5) is 5.69 Å². The first kappa shape index (κ1) is 15.7. The first-order chi connectivity index (χ1) is 9.40. The van der Waals surface area contributed by atoms with Crippen LogP contribution in [0.5, 0.6) is 5.75 Å². The number of phenols is 1. The summed E-state index contributed by atoms with van der Waals surface area (Å²) in [6.45, 7) is 1.02. The van der Waals surface area contributed by atoms with Gasteiger partial charge in [-0.15, -0.1) is 0 Å². The second-order valence-corrected chi connectivity index (χ2v) is 7.19. The van der Waals surface area contributed by atoms with Crippen molar-refractivity contribution in [2.75, 3.05) is 17.8 Å². The summed E-state index contributed by atoms with van der Waals surface area (Å²) in [5.41, 5.74) is 0.238. The summed E-state index contributed by atoms with van der Waals surface area (Å²) in [6, 6.07) is 2.66. The van der Waals surface area contributed by atoms with Gasteiger partial charge in [0, 0.05) is 13.1 Å². The lowest BCUT2D eigenvalue weighted by Crippen LogP contribution is -2.36. The van der Waals surface area contributed by atoms with Crippen LogP contribution in [-0.2, 0) is 10.2 Å². The molecule has 2 N–H and O–H groups in total. The van der Waals surface area contributed by atoms with E-state index in [4.69, 9.17) is 23.2 Å². The quantitative estimate of drug-likeness (QED) is 0.831. The highest BCUT2D eigenvalue weighted by Gasteiger charge is 2.23. The van der Waals surface area contributed by atoms with Crippen LogP contribution in [0.25, 0.3) is 0 Å². The molecule has 1 aromatic carbocycles. The SMILES string of the molecule is O=S(=O)(Nc1cc(Cl)c(O)c(Cl)c1)N1CCCCCC1. The van der Waals surface area contributed by atoms with E-state index in [1.165, 1.54) is 16.4 Å². The molecule has 5 nitrogen and oxygen atoms in total. The van der Waals surface area contributed by atoms with Crippen molar-refractivity contribution >= 4 is 39.1 Å². The van der Waals surface area contributed by atoms with Crippen LogP contribution in [0.3, 0.4) is 0 Å². The molecule has 1 aromatic rings. The molecular weight excluding hydrogens is 323 g/mol. The van der Waals surface area contributed by atoms with E-state index >= 15 is 0 Å². The minimum absolute atomic E-state index is 0.00562. The summed E-state index contributed by atoms with van der Waals surface area (Å²) >= 11 is 11.6. The van der Waals surface area contributed by atoms with Gasteiger partial charge in [-0.2, -0.15) is 12.7 Å². The number of phenolic OH excluding ortho intramolecular Hbond substituents is 1. The Morgan fingerprint density at radius 1 is 1.05 bits per heavy atom. The van der Waals surface area contributed by atoms with E-state index in [-0.39, 0.29) is 21.5 Å². The first-order valence-corrected chi connectivity index (χ1v) is 8.55. The Hall–Kier alpha value is -0.690. The molecule has 0 saturated carbocycles. The fraction of sp³-hybridized carbons (Fsp3) is 0.500. The molecule has 0 aromatic heterocycles. The molecule has 2 rings (SSSR count). The Labute approximate surface area is 128 Å². The number of hydrogen-bond donors (Lipinski definition) is 2. The summed E-state index contributed by atoms with van der Waals surface area (Å²) in [5, 5.41) is 9.47. The van der Waals surface area contributed by atoms with Crippen molar-refractivity contribution in [3.05, 3.63) is 22.2 Å². The molecule has 1 fully saturated rings. The van der Waals surface area contributed by atoms with Gasteiger partial charge in [0.05, 0.1) is 15.7 Å². The summed E-state index contributed by atoms with van der Waals surface area (Å²) in [5.74, 6) is -0.258. The van der Waals surface area contributed by atoms with Gasteiger partial charge in [-0.05, 0) is 25.0 Å². The summed E-state index contributed by atoms with van der Waals surface area (Å²) in [6.07, 6.45) is 3.81. The Balaban J connectivity index is 2.19. The summed E-state index contributed by atoms with van der Waals surface area (Å²) < 4.78 is 28.4. The molecule has 0 atom stereocenters. The Bertz CT molecular complexity index is 561. The van der Waals surface area contributed by atoms with E-state index in [2.05, 4.69) is 4.72 Å².